The van der Waals surface area contributed by atoms with Gasteiger partial charge in [-0.1, -0.05) is 12.1 Å². The van der Waals surface area contributed by atoms with Gasteiger partial charge in [-0.2, -0.15) is 0 Å². The first-order valence-electron chi connectivity index (χ1n) is 8.36. The summed E-state index contributed by atoms with van der Waals surface area (Å²) in [6.07, 6.45) is 0. The lowest BCUT2D eigenvalue weighted by Gasteiger charge is -2.12. The average Bonchev–Trinajstić information content (AvgIpc) is 3.21. The molecule has 0 spiro atoms. The number of hydrogen-bond donors (Lipinski definition) is 2. The van der Waals surface area contributed by atoms with Crippen molar-refractivity contribution in [1.29, 1.82) is 0 Å². The third-order valence-corrected chi connectivity index (χ3v) is 5.00. The molecule has 6 nitrogen and oxygen atoms in total. The van der Waals surface area contributed by atoms with E-state index < -0.39 is 5.91 Å². The number of nitrogens with two attached hydrogens (primary N) is 1. The lowest BCUT2D eigenvalue weighted by Crippen LogP contribution is -2.12. The highest BCUT2D eigenvalue weighted by atomic mass is 32.1. The Balaban J connectivity index is 2.05. The Morgan fingerprint density at radius 2 is 2.19 bits per heavy atom. The second kappa shape index (κ2) is 7.61. The van der Waals surface area contributed by atoms with Crippen LogP contribution in [0.2, 0.25) is 0 Å². The van der Waals surface area contributed by atoms with Gasteiger partial charge in [0.25, 0.3) is 5.91 Å². The van der Waals surface area contributed by atoms with Crippen LogP contribution in [0.4, 0.5) is 5.13 Å². The molecule has 136 valence electrons. The van der Waals surface area contributed by atoms with Crippen LogP contribution in [0.3, 0.4) is 0 Å². The number of carbonyl (C=O) groups is 1. The molecule has 0 aliphatic carbocycles. The van der Waals surface area contributed by atoms with Gasteiger partial charge in [-0.25, -0.2) is 4.98 Å². The molecule has 2 aromatic heterocycles. The minimum Gasteiger partial charge on any atom is -0.497 e. The maximum absolute atomic E-state index is 11.8. The molecule has 0 saturated heterocycles. The van der Waals surface area contributed by atoms with Crippen LogP contribution in [0.25, 0.3) is 11.4 Å². The molecule has 0 unspecified atom stereocenters. The van der Waals surface area contributed by atoms with Crippen molar-refractivity contribution in [2.45, 2.75) is 20.4 Å². The number of nitrogens with zero attached hydrogens (tertiary/aromatic N) is 2. The summed E-state index contributed by atoms with van der Waals surface area (Å²) in [6.45, 7) is 5.34. The van der Waals surface area contributed by atoms with Gasteiger partial charge in [0.15, 0.2) is 5.13 Å². The molecule has 3 N–H and O–H groups in total. The van der Waals surface area contributed by atoms with E-state index >= 15 is 0 Å². The molecule has 0 bridgehead atoms. The summed E-state index contributed by atoms with van der Waals surface area (Å²) >= 11 is 1.54. The molecule has 3 rings (SSSR count). The molecule has 0 aliphatic rings. The Morgan fingerprint density at radius 1 is 1.38 bits per heavy atom. The van der Waals surface area contributed by atoms with E-state index in [2.05, 4.69) is 14.9 Å². The fraction of sp³-hybridized carbons (Fsp3) is 0.263. The molecule has 0 fully saturated rings. The number of thiazole rings is 1. The number of carbonyl (C=O) groups excluding carboxylic acids is 1. The minimum atomic E-state index is -0.435. The zero-order valence-corrected chi connectivity index (χ0v) is 15.9. The molecule has 0 aliphatic heterocycles. The van der Waals surface area contributed by atoms with E-state index in [4.69, 9.17) is 10.5 Å². The van der Waals surface area contributed by atoms with Gasteiger partial charge in [0.1, 0.15) is 5.75 Å². The van der Waals surface area contributed by atoms with Crippen LogP contribution in [0.1, 0.15) is 28.5 Å². The first-order chi connectivity index (χ1) is 12.5. The van der Waals surface area contributed by atoms with Crippen LogP contribution in [0, 0.1) is 6.92 Å². The second-order valence-corrected chi connectivity index (χ2v) is 6.76. The predicted molar refractivity (Wildman–Crippen MR) is 105 cm³/mol. The average molecular weight is 370 g/mol. The predicted octanol–water partition coefficient (Wildman–Crippen LogP) is 3.51. The molecular formula is C19H22N4O2S. The van der Waals surface area contributed by atoms with Crippen molar-refractivity contribution in [3.8, 4) is 17.1 Å². The molecule has 7 heteroatoms. The van der Waals surface area contributed by atoms with Crippen molar-refractivity contribution < 1.29 is 9.53 Å². The van der Waals surface area contributed by atoms with Gasteiger partial charge in [-0.15, -0.1) is 11.3 Å². The lowest BCUT2D eigenvalue weighted by molar-refractivity contribution is 0.0999. The molecule has 0 radical (unpaired) electrons. The summed E-state index contributed by atoms with van der Waals surface area (Å²) in [5.74, 6) is 0.363. The highest BCUT2D eigenvalue weighted by Crippen LogP contribution is 2.30. The van der Waals surface area contributed by atoms with Crippen LogP contribution in [0.15, 0.2) is 35.7 Å². The Bertz CT molecular complexity index is 930. The number of rotatable bonds is 7. The standard InChI is InChI=1S/C19H22N4O2S/c1-4-21-19-22-16(11-26-19)17-9-15(18(20)24)12(2)23(17)10-13-6-5-7-14(8-13)25-3/h5-9,11H,4,10H2,1-3H3,(H2,20,24)(H,21,22). The third kappa shape index (κ3) is 3.57. The number of methoxy groups -OCH3 is 1. The van der Waals surface area contributed by atoms with E-state index in [1.54, 1.807) is 18.4 Å². The fourth-order valence-electron chi connectivity index (χ4n) is 2.89. The van der Waals surface area contributed by atoms with Crippen molar-refractivity contribution in [3.63, 3.8) is 0 Å². The van der Waals surface area contributed by atoms with E-state index in [9.17, 15) is 4.79 Å². The van der Waals surface area contributed by atoms with Crippen LogP contribution < -0.4 is 15.8 Å². The molecule has 26 heavy (non-hydrogen) atoms. The Morgan fingerprint density at radius 3 is 2.88 bits per heavy atom. The molecule has 0 saturated carbocycles. The summed E-state index contributed by atoms with van der Waals surface area (Å²) < 4.78 is 7.38. The van der Waals surface area contributed by atoms with Crippen LogP contribution in [-0.2, 0) is 6.54 Å². The largest absolute Gasteiger partial charge is 0.497 e. The Hall–Kier alpha value is -2.80. The van der Waals surface area contributed by atoms with Crippen LogP contribution >= 0.6 is 11.3 Å². The summed E-state index contributed by atoms with van der Waals surface area (Å²) in [4.78, 5) is 16.5. The summed E-state index contributed by atoms with van der Waals surface area (Å²) in [5, 5.41) is 6.06. The maximum atomic E-state index is 11.8. The normalized spacial score (nSPS) is 10.7. The maximum Gasteiger partial charge on any atom is 0.250 e. The van der Waals surface area contributed by atoms with Crippen molar-refractivity contribution >= 4 is 22.4 Å². The Labute approximate surface area is 156 Å². The minimum absolute atomic E-state index is 0.435. The van der Waals surface area contributed by atoms with Crippen LogP contribution in [0.5, 0.6) is 5.75 Å². The van der Waals surface area contributed by atoms with Gasteiger partial charge >= 0.3 is 0 Å². The van der Waals surface area contributed by atoms with Crippen molar-refractivity contribution in [3.05, 3.63) is 52.5 Å². The summed E-state index contributed by atoms with van der Waals surface area (Å²) in [6, 6.07) is 9.69. The highest BCUT2D eigenvalue weighted by Gasteiger charge is 2.19. The van der Waals surface area contributed by atoms with Gasteiger partial charge in [0, 0.05) is 24.2 Å². The van der Waals surface area contributed by atoms with E-state index in [0.717, 1.165) is 40.1 Å². The van der Waals surface area contributed by atoms with Crippen molar-refractivity contribution in [2.24, 2.45) is 5.73 Å². The molecule has 0 atom stereocenters. The smallest absolute Gasteiger partial charge is 0.250 e. The van der Waals surface area contributed by atoms with E-state index in [0.29, 0.717) is 12.1 Å². The van der Waals surface area contributed by atoms with E-state index in [-0.39, 0.29) is 0 Å². The highest BCUT2D eigenvalue weighted by molar-refractivity contribution is 7.14. The number of benzene rings is 1. The SMILES string of the molecule is CCNc1nc(-c2cc(C(N)=O)c(C)n2Cc2cccc(OC)c2)cs1. The van der Waals surface area contributed by atoms with Crippen molar-refractivity contribution in [1.82, 2.24) is 9.55 Å². The quantitative estimate of drug-likeness (QED) is 0.667. The first kappa shape index (κ1) is 18.0. The fourth-order valence-corrected chi connectivity index (χ4v) is 3.66. The number of anilines is 1. The topological polar surface area (TPSA) is 82.2 Å². The van der Waals surface area contributed by atoms with Gasteiger partial charge in [0.05, 0.1) is 24.1 Å². The van der Waals surface area contributed by atoms with E-state index in [1.165, 1.54) is 0 Å². The second-order valence-electron chi connectivity index (χ2n) is 5.90. The number of amides is 1. The zero-order chi connectivity index (χ0) is 18.7. The van der Waals surface area contributed by atoms with Gasteiger partial charge in [0.2, 0.25) is 0 Å². The third-order valence-electron chi connectivity index (χ3n) is 4.20. The zero-order valence-electron chi connectivity index (χ0n) is 15.1. The van der Waals surface area contributed by atoms with Gasteiger partial charge in [-0.3, -0.25) is 4.79 Å². The summed E-state index contributed by atoms with van der Waals surface area (Å²) in [7, 11) is 1.65. The number of aromatic nitrogens is 2. The Kier molecular flexibility index (Phi) is 5.27. The summed E-state index contributed by atoms with van der Waals surface area (Å²) in [5.41, 5.74) is 9.68. The number of primary amides is 1. The first-order valence-corrected chi connectivity index (χ1v) is 9.24. The number of nitrogens with one attached hydrogen (secondary N) is 1. The number of hydrogen-bond acceptors (Lipinski definition) is 5. The van der Waals surface area contributed by atoms with Crippen molar-refractivity contribution in [2.75, 3.05) is 19.0 Å². The molecular weight excluding hydrogens is 348 g/mol. The van der Waals surface area contributed by atoms with E-state index in [1.807, 2.05) is 49.6 Å². The molecule has 1 aromatic carbocycles. The van der Waals surface area contributed by atoms with Gasteiger partial charge in [-0.05, 0) is 37.6 Å². The lowest BCUT2D eigenvalue weighted by atomic mass is 10.2. The number of ether oxygens (including phenoxy) is 1. The molecule has 1 amide bonds. The molecule has 2 heterocycles. The van der Waals surface area contributed by atoms with Crippen LogP contribution in [-0.4, -0.2) is 29.1 Å². The monoisotopic (exact) mass is 370 g/mol. The molecule has 3 aromatic rings. The van der Waals surface area contributed by atoms with Gasteiger partial charge < -0.3 is 20.4 Å².